The fraction of sp³-hybridized carbons (Fsp3) is 0.333. The third-order valence-corrected chi connectivity index (χ3v) is 1.63. The van der Waals surface area contributed by atoms with Crippen LogP contribution in [0.5, 0.6) is 0 Å². The zero-order valence-corrected chi connectivity index (χ0v) is 7.84. The Labute approximate surface area is 85.0 Å². The molecular weight excluding hydrogens is 209 g/mol. The van der Waals surface area contributed by atoms with Crippen LogP contribution in [-0.2, 0) is 11.3 Å². The van der Waals surface area contributed by atoms with Crippen LogP contribution < -0.4 is 11.3 Å². The molecule has 15 heavy (non-hydrogen) atoms. The van der Waals surface area contributed by atoms with Crippen LogP contribution in [0.25, 0.3) is 0 Å². The van der Waals surface area contributed by atoms with Crippen LogP contribution in [0, 0.1) is 0 Å². The summed E-state index contributed by atoms with van der Waals surface area (Å²) in [6.45, 7) is -1.33. The summed E-state index contributed by atoms with van der Waals surface area (Å²) in [5.41, 5.74) is 3.66. The third kappa shape index (κ3) is 4.66. The van der Waals surface area contributed by atoms with Gasteiger partial charge in [-0.25, -0.2) is 0 Å². The monoisotopic (exact) mass is 220 g/mol. The van der Waals surface area contributed by atoms with Gasteiger partial charge in [-0.15, -0.1) is 0 Å². The molecule has 84 valence electrons. The molecule has 3 N–H and O–H groups in total. The average Bonchev–Trinajstić information content (AvgIpc) is 2.16. The van der Waals surface area contributed by atoms with E-state index in [1.165, 1.54) is 0 Å². The summed E-state index contributed by atoms with van der Waals surface area (Å²) in [5, 5.41) is 0. The predicted octanol–water partition coefficient (Wildman–Crippen LogP) is 2.05. The van der Waals surface area contributed by atoms with Crippen LogP contribution in [0.15, 0.2) is 24.3 Å². The smallest absolute Gasteiger partial charge is 0.367 e. The lowest BCUT2D eigenvalue weighted by Crippen LogP contribution is -2.16. The molecule has 0 fully saturated rings. The zero-order valence-electron chi connectivity index (χ0n) is 7.84. The topological polar surface area (TPSA) is 47.3 Å². The average molecular weight is 220 g/mol. The van der Waals surface area contributed by atoms with E-state index in [2.05, 4.69) is 10.2 Å². The largest absolute Gasteiger partial charge is 0.411 e. The highest BCUT2D eigenvalue weighted by Crippen LogP contribution is 2.16. The number of hydrogen-bond acceptors (Lipinski definition) is 3. The first-order valence-corrected chi connectivity index (χ1v) is 4.21. The van der Waals surface area contributed by atoms with Crippen molar-refractivity contribution in [3.05, 3.63) is 29.8 Å². The number of hydrogen-bond donors (Lipinski definition) is 2. The number of rotatable bonds is 4. The van der Waals surface area contributed by atoms with Gasteiger partial charge < -0.3 is 10.2 Å². The van der Waals surface area contributed by atoms with Gasteiger partial charge in [0.1, 0.15) is 6.61 Å². The molecule has 0 aromatic heterocycles. The second kappa shape index (κ2) is 4.99. The minimum atomic E-state index is -4.29. The molecule has 0 unspecified atom stereocenters. The molecule has 0 aliphatic heterocycles. The molecule has 0 aliphatic rings. The van der Waals surface area contributed by atoms with Crippen LogP contribution in [0.1, 0.15) is 5.56 Å². The molecular formula is C9H11F3N2O. The molecule has 0 saturated carbocycles. The van der Waals surface area contributed by atoms with E-state index >= 15 is 0 Å². The maximum absolute atomic E-state index is 11.7. The van der Waals surface area contributed by atoms with E-state index in [-0.39, 0.29) is 6.61 Å². The van der Waals surface area contributed by atoms with Crippen molar-refractivity contribution < 1.29 is 17.9 Å². The lowest BCUT2D eigenvalue weighted by atomic mass is 10.2. The molecule has 3 nitrogen and oxygen atoms in total. The fourth-order valence-electron chi connectivity index (χ4n) is 1.04. The number of anilines is 1. The maximum atomic E-state index is 11.7. The number of hydrazine groups is 1. The third-order valence-electron chi connectivity index (χ3n) is 1.63. The number of halogens is 3. The van der Waals surface area contributed by atoms with Crippen molar-refractivity contribution in [2.75, 3.05) is 12.0 Å². The number of nitrogens with one attached hydrogen (secondary N) is 1. The van der Waals surface area contributed by atoms with Crippen molar-refractivity contribution in [1.29, 1.82) is 0 Å². The van der Waals surface area contributed by atoms with Gasteiger partial charge in [0.05, 0.1) is 6.61 Å². The number of nitrogens with two attached hydrogens (primary N) is 1. The predicted molar refractivity (Wildman–Crippen MR) is 50.0 cm³/mol. The molecule has 0 spiro atoms. The van der Waals surface area contributed by atoms with E-state index in [9.17, 15) is 13.2 Å². The number of ether oxygens (including phenoxy) is 1. The first-order chi connectivity index (χ1) is 7.01. The molecule has 0 heterocycles. The van der Waals surface area contributed by atoms with Gasteiger partial charge in [-0.2, -0.15) is 13.2 Å². The Morgan fingerprint density at radius 1 is 1.33 bits per heavy atom. The molecule has 0 aliphatic carbocycles. The Hall–Kier alpha value is -1.27. The van der Waals surface area contributed by atoms with E-state index in [1.807, 2.05) is 0 Å². The lowest BCUT2D eigenvalue weighted by Gasteiger charge is -2.08. The summed E-state index contributed by atoms with van der Waals surface area (Å²) >= 11 is 0. The van der Waals surface area contributed by atoms with Gasteiger partial charge in [0, 0.05) is 5.69 Å². The molecule has 1 aromatic carbocycles. The Kier molecular flexibility index (Phi) is 3.93. The SMILES string of the molecule is NNc1cccc(COCC(F)(F)F)c1. The van der Waals surface area contributed by atoms with E-state index in [1.54, 1.807) is 24.3 Å². The maximum Gasteiger partial charge on any atom is 0.411 e. The van der Waals surface area contributed by atoms with Gasteiger partial charge in [0.15, 0.2) is 0 Å². The summed E-state index contributed by atoms with van der Waals surface area (Å²) < 4.78 is 39.7. The number of benzene rings is 1. The number of nitrogen functional groups attached to an aromatic ring is 1. The van der Waals surface area contributed by atoms with Crippen LogP contribution in [0.2, 0.25) is 0 Å². The first kappa shape index (κ1) is 11.8. The molecule has 0 radical (unpaired) electrons. The van der Waals surface area contributed by atoms with Crippen LogP contribution in [0.4, 0.5) is 18.9 Å². The van der Waals surface area contributed by atoms with Crippen molar-refractivity contribution in [3.63, 3.8) is 0 Å². The molecule has 6 heteroatoms. The van der Waals surface area contributed by atoms with E-state index < -0.39 is 12.8 Å². The molecule has 0 atom stereocenters. The highest BCUT2D eigenvalue weighted by Gasteiger charge is 2.27. The van der Waals surface area contributed by atoms with E-state index in [4.69, 9.17) is 5.84 Å². The van der Waals surface area contributed by atoms with E-state index in [0.717, 1.165) is 0 Å². The summed E-state index contributed by atoms with van der Waals surface area (Å²) in [5.74, 6) is 5.15. The molecule has 1 aromatic rings. The van der Waals surface area contributed by atoms with Crippen molar-refractivity contribution in [2.24, 2.45) is 5.84 Å². The van der Waals surface area contributed by atoms with E-state index in [0.29, 0.717) is 11.3 Å². The Morgan fingerprint density at radius 3 is 2.67 bits per heavy atom. The van der Waals surface area contributed by atoms with Crippen molar-refractivity contribution >= 4 is 5.69 Å². The van der Waals surface area contributed by atoms with Crippen LogP contribution >= 0.6 is 0 Å². The van der Waals surface area contributed by atoms with Gasteiger partial charge in [-0.05, 0) is 17.7 Å². The van der Waals surface area contributed by atoms with Gasteiger partial charge in [-0.3, -0.25) is 5.84 Å². The van der Waals surface area contributed by atoms with Gasteiger partial charge in [0.2, 0.25) is 0 Å². The van der Waals surface area contributed by atoms with Crippen molar-refractivity contribution in [1.82, 2.24) is 0 Å². The van der Waals surface area contributed by atoms with Crippen LogP contribution in [-0.4, -0.2) is 12.8 Å². The quantitative estimate of drug-likeness (QED) is 0.603. The van der Waals surface area contributed by atoms with Crippen molar-refractivity contribution in [3.8, 4) is 0 Å². The Balaban J connectivity index is 2.44. The highest BCUT2D eigenvalue weighted by atomic mass is 19.4. The second-order valence-electron chi connectivity index (χ2n) is 2.95. The summed E-state index contributed by atoms with van der Waals surface area (Å²) in [6, 6.07) is 6.67. The summed E-state index contributed by atoms with van der Waals surface area (Å²) in [7, 11) is 0. The molecule has 1 rings (SSSR count). The van der Waals surface area contributed by atoms with Crippen molar-refractivity contribution in [2.45, 2.75) is 12.8 Å². The van der Waals surface area contributed by atoms with Gasteiger partial charge >= 0.3 is 6.18 Å². The molecule has 0 amide bonds. The standard InChI is InChI=1S/C9H11F3N2O/c10-9(11,12)6-15-5-7-2-1-3-8(4-7)14-13/h1-4,14H,5-6,13H2. The highest BCUT2D eigenvalue weighted by molar-refractivity contribution is 5.44. The number of alkyl halides is 3. The molecule has 0 bridgehead atoms. The Morgan fingerprint density at radius 2 is 2.07 bits per heavy atom. The van der Waals surface area contributed by atoms with Gasteiger partial charge in [0.25, 0.3) is 0 Å². The second-order valence-corrected chi connectivity index (χ2v) is 2.95. The Bertz CT molecular complexity index is 314. The minimum absolute atomic E-state index is 0.0883. The molecule has 0 saturated heterocycles. The van der Waals surface area contributed by atoms with Gasteiger partial charge in [-0.1, -0.05) is 12.1 Å². The minimum Gasteiger partial charge on any atom is -0.367 e. The summed E-state index contributed by atoms with van der Waals surface area (Å²) in [6.07, 6.45) is -4.29. The first-order valence-electron chi connectivity index (χ1n) is 4.21. The fourth-order valence-corrected chi connectivity index (χ4v) is 1.04. The lowest BCUT2D eigenvalue weighted by molar-refractivity contribution is -0.176. The summed E-state index contributed by atoms with van der Waals surface area (Å²) in [4.78, 5) is 0. The zero-order chi connectivity index (χ0) is 11.3. The normalized spacial score (nSPS) is 11.5. The van der Waals surface area contributed by atoms with Crippen LogP contribution in [0.3, 0.4) is 0 Å².